The van der Waals surface area contributed by atoms with Crippen LogP contribution >= 0.6 is 24.8 Å². The lowest BCUT2D eigenvalue weighted by atomic mass is 10.0. The molecule has 3 heterocycles. The molecule has 0 bridgehead atoms. The first-order valence-corrected chi connectivity index (χ1v) is 8.84. The first-order valence-electron chi connectivity index (χ1n) is 8.84. The van der Waals surface area contributed by atoms with Crippen molar-refractivity contribution in [3.63, 3.8) is 0 Å². The summed E-state index contributed by atoms with van der Waals surface area (Å²) in [5.41, 5.74) is 0. The molecule has 0 aromatic carbocycles. The minimum atomic E-state index is -0.0145. The molecule has 0 saturated carbocycles. The Labute approximate surface area is 162 Å². The number of halogens is 2. The molecule has 0 aromatic heterocycles. The van der Waals surface area contributed by atoms with E-state index in [1.165, 1.54) is 0 Å². The van der Waals surface area contributed by atoms with Crippen molar-refractivity contribution in [1.82, 2.24) is 20.0 Å². The number of carbonyl (C=O) groups is 2. The molecule has 0 aliphatic carbocycles. The van der Waals surface area contributed by atoms with Crippen LogP contribution in [-0.2, 0) is 14.3 Å². The summed E-state index contributed by atoms with van der Waals surface area (Å²) in [5.74, 6) is 0.389. The van der Waals surface area contributed by atoms with Crippen LogP contribution in [0.5, 0.6) is 0 Å². The van der Waals surface area contributed by atoms with Crippen molar-refractivity contribution < 1.29 is 14.3 Å². The molecular formula is C16H30Cl2N4O3. The van der Waals surface area contributed by atoms with Crippen molar-refractivity contribution in [1.29, 1.82) is 0 Å². The smallest absolute Gasteiger partial charge is 0.239 e. The molecule has 1 atom stereocenters. The molecular weight excluding hydrogens is 367 g/mol. The van der Waals surface area contributed by atoms with E-state index in [1.807, 2.05) is 9.80 Å². The minimum Gasteiger partial charge on any atom is -0.379 e. The summed E-state index contributed by atoms with van der Waals surface area (Å²) >= 11 is 0. The Morgan fingerprint density at radius 3 is 2.16 bits per heavy atom. The fraction of sp³-hybridized carbons (Fsp3) is 0.875. The van der Waals surface area contributed by atoms with Gasteiger partial charge in [-0.1, -0.05) is 6.42 Å². The van der Waals surface area contributed by atoms with Crippen molar-refractivity contribution in [2.24, 2.45) is 0 Å². The van der Waals surface area contributed by atoms with Crippen LogP contribution < -0.4 is 5.32 Å². The SMILES string of the molecule is Cl.Cl.O=C(CN1CCOCC1)N1CCN(C(=O)C2CCCCN2)CC1. The Hall–Kier alpha value is -0.600. The number of ether oxygens (including phenoxy) is 1. The summed E-state index contributed by atoms with van der Waals surface area (Å²) in [7, 11) is 0. The number of carbonyl (C=O) groups excluding carboxylic acids is 2. The second kappa shape index (κ2) is 11.2. The molecule has 3 aliphatic rings. The van der Waals surface area contributed by atoms with Gasteiger partial charge in [-0.05, 0) is 19.4 Å². The first-order chi connectivity index (χ1) is 11.2. The standard InChI is InChI=1S/C16H28N4O3.2ClH/c21-15(13-18-9-11-23-12-10-18)19-5-7-20(8-6-19)16(22)14-3-1-2-4-17-14;;/h14,17H,1-13H2;2*1H. The van der Waals surface area contributed by atoms with Gasteiger partial charge in [0.2, 0.25) is 11.8 Å². The van der Waals surface area contributed by atoms with E-state index >= 15 is 0 Å². The topological polar surface area (TPSA) is 65.1 Å². The maximum atomic E-state index is 12.5. The van der Waals surface area contributed by atoms with Crippen LogP contribution in [0.3, 0.4) is 0 Å². The third kappa shape index (κ3) is 6.25. The number of amides is 2. The molecule has 3 fully saturated rings. The van der Waals surface area contributed by atoms with Crippen LogP contribution in [0, 0.1) is 0 Å². The maximum Gasteiger partial charge on any atom is 0.239 e. The highest BCUT2D eigenvalue weighted by Crippen LogP contribution is 2.12. The summed E-state index contributed by atoms with van der Waals surface area (Å²) in [6, 6.07) is -0.0145. The quantitative estimate of drug-likeness (QED) is 0.725. The molecule has 7 nitrogen and oxygen atoms in total. The number of piperazine rings is 1. The second-order valence-electron chi connectivity index (χ2n) is 6.60. The number of hydrogen-bond acceptors (Lipinski definition) is 5. The Balaban J connectivity index is 0.00000156. The van der Waals surface area contributed by atoms with E-state index in [9.17, 15) is 9.59 Å². The summed E-state index contributed by atoms with van der Waals surface area (Å²) in [6.07, 6.45) is 3.23. The third-order valence-corrected chi connectivity index (χ3v) is 5.02. The van der Waals surface area contributed by atoms with Gasteiger partial charge in [0.25, 0.3) is 0 Å². The predicted molar refractivity (Wildman–Crippen MR) is 101 cm³/mol. The molecule has 3 saturated heterocycles. The molecule has 0 aromatic rings. The van der Waals surface area contributed by atoms with Crippen molar-refractivity contribution in [3.05, 3.63) is 0 Å². The predicted octanol–water partition coefficient (Wildman–Crippen LogP) is -0.0249. The zero-order chi connectivity index (χ0) is 16.1. The van der Waals surface area contributed by atoms with Crippen LogP contribution in [0.1, 0.15) is 19.3 Å². The van der Waals surface area contributed by atoms with Gasteiger partial charge in [0.05, 0.1) is 25.8 Å². The fourth-order valence-electron chi connectivity index (χ4n) is 3.51. The van der Waals surface area contributed by atoms with E-state index in [0.29, 0.717) is 45.9 Å². The zero-order valence-corrected chi connectivity index (χ0v) is 16.3. The Morgan fingerprint density at radius 2 is 1.56 bits per heavy atom. The summed E-state index contributed by atoms with van der Waals surface area (Å²) in [5, 5.41) is 3.31. The number of piperidine rings is 1. The lowest BCUT2D eigenvalue weighted by molar-refractivity contribution is -0.142. The van der Waals surface area contributed by atoms with Crippen LogP contribution in [0.2, 0.25) is 0 Å². The number of morpholine rings is 1. The summed E-state index contributed by atoms with van der Waals surface area (Å²) < 4.78 is 5.31. The number of nitrogens with one attached hydrogen (secondary N) is 1. The molecule has 1 unspecified atom stereocenters. The lowest BCUT2D eigenvalue weighted by Gasteiger charge is -2.38. The van der Waals surface area contributed by atoms with Crippen LogP contribution in [-0.4, -0.2) is 98.1 Å². The molecule has 25 heavy (non-hydrogen) atoms. The average molecular weight is 397 g/mol. The summed E-state index contributed by atoms with van der Waals surface area (Å²) in [4.78, 5) is 30.8. The maximum absolute atomic E-state index is 12.5. The molecule has 146 valence electrons. The number of rotatable bonds is 3. The van der Waals surface area contributed by atoms with Gasteiger partial charge in [-0.2, -0.15) is 0 Å². The molecule has 1 N–H and O–H groups in total. The van der Waals surface area contributed by atoms with Gasteiger partial charge in [-0.3, -0.25) is 14.5 Å². The highest BCUT2D eigenvalue weighted by molar-refractivity contribution is 5.85. The zero-order valence-electron chi connectivity index (χ0n) is 14.7. The molecule has 3 rings (SSSR count). The van der Waals surface area contributed by atoms with E-state index in [1.54, 1.807) is 0 Å². The van der Waals surface area contributed by atoms with Gasteiger partial charge < -0.3 is 19.9 Å². The molecule has 0 spiro atoms. The summed E-state index contributed by atoms with van der Waals surface area (Å²) in [6.45, 7) is 7.12. The largest absolute Gasteiger partial charge is 0.379 e. The van der Waals surface area contributed by atoms with Gasteiger partial charge >= 0.3 is 0 Å². The van der Waals surface area contributed by atoms with Crippen LogP contribution in [0.4, 0.5) is 0 Å². The van der Waals surface area contributed by atoms with Gasteiger partial charge in [0.15, 0.2) is 0 Å². The Morgan fingerprint density at radius 1 is 0.920 bits per heavy atom. The average Bonchev–Trinajstić information content (AvgIpc) is 2.63. The van der Waals surface area contributed by atoms with Gasteiger partial charge in [-0.15, -0.1) is 24.8 Å². The van der Waals surface area contributed by atoms with Crippen molar-refractivity contribution in [2.75, 3.05) is 65.6 Å². The van der Waals surface area contributed by atoms with Gasteiger partial charge in [0, 0.05) is 39.3 Å². The molecule has 2 amide bonds. The number of nitrogens with zero attached hydrogens (tertiary/aromatic N) is 3. The van der Waals surface area contributed by atoms with Gasteiger partial charge in [-0.25, -0.2) is 0 Å². The second-order valence-corrected chi connectivity index (χ2v) is 6.60. The number of hydrogen-bond donors (Lipinski definition) is 1. The van der Waals surface area contributed by atoms with Crippen molar-refractivity contribution in [2.45, 2.75) is 25.3 Å². The van der Waals surface area contributed by atoms with Crippen LogP contribution in [0.15, 0.2) is 0 Å². The molecule has 9 heteroatoms. The van der Waals surface area contributed by atoms with E-state index in [-0.39, 0.29) is 42.7 Å². The van der Waals surface area contributed by atoms with E-state index < -0.39 is 0 Å². The molecule has 3 aliphatic heterocycles. The third-order valence-electron chi connectivity index (χ3n) is 5.02. The van der Waals surface area contributed by atoms with E-state index in [2.05, 4.69) is 10.2 Å². The highest BCUT2D eigenvalue weighted by atomic mass is 35.5. The Bertz CT molecular complexity index is 422. The van der Waals surface area contributed by atoms with Crippen LogP contribution in [0.25, 0.3) is 0 Å². The van der Waals surface area contributed by atoms with Gasteiger partial charge in [0.1, 0.15) is 0 Å². The first kappa shape index (κ1) is 22.4. The molecule has 0 radical (unpaired) electrons. The monoisotopic (exact) mass is 396 g/mol. The normalized spacial score (nSPS) is 24.9. The van der Waals surface area contributed by atoms with E-state index in [4.69, 9.17) is 4.74 Å². The fourth-order valence-corrected chi connectivity index (χ4v) is 3.51. The minimum absolute atomic E-state index is 0. The van der Waals surface area contributed by atoms with Crippen molar-refractivity contribution >= 4 is 36.6 Å². The highest BCUT2D eigenvalue weighted by Gasteiger charge is 2.30. The van der Waals surface area contributed by atoms with E-state index in [0.717, 1.165) is 38.9 Å². The van der Waals surface area contributed by atoms with Crippen molar-refractivity contribution in [3.8, 4) is 0 Å². The lowest BCUT2D eigenvalue weighted by Crippen LogP contribution is -2.57. The Kier molecular flexibility index (Phi) is 10.0.